The maximum atomic E-state index is 12.5. The maximum Gasteiger partial charge on any atom is 0.306 e. The van der Waals surface area contributed by atoms with Gasteiger partial charge in [-0.3, -0.25) is 4.79 Å². The van der Waals surface area contributed by atoms with Crippen molar-refractivity contribution in [3.05, 3.63) is 65.7 Å². The van der Waals surface area contributed by atoms with Crippen LogP contribution >= 0.6 is 63.7 Å². The van der Waals surface area contributed by atoms with Gasteiger partial charge in [-0.05, 0) is 74.2 Å². The zero-order valence-corrected chi connectivity index (χ0v) is 21.6. The lowest BCUT2D eigenvalue weighted by molar-refractivity contribution is -0.143. The van der Waals surface area contributed by atoms with Crippen LogP contribution in [0.2, 0.25) is 0 Å². The SMILES string of the molecule is CCOC(=O)CC(c1c[nH]c2c(Br)cc(Br)cc12)c1c[nH]c2c(Br)cc(Br)cc12. The summed E-state index contributed by atoms with van der Waals surface area (Å²) in [6.07, 6.45) is 4.22. The summed E-state index contributed by atoms with van der Waals surface area (Å²) in [4.78, 5) is 19.2. The van der Waals surface area contributed by atoms with E-state index in [0.29, 0.717) is 6.61 Å². The predicted octanol–water partition coefficient (Wildman–Crippen LogP) is 7.78. The Balaban J connectivity index is 1.93. The van der Waals surface area contributed by atoms with Crippen LogP contribution in [0.15, 0.2) is 54.6 Å². The molecule has 0 fully saturated rings. The van der Waals surface area contributed by atoms with Crippen molar-refractivity contribution in [2.24, 2.45) is 0 Å². The van der Waals surface area contributed by atoms with Crippen molar-refractivity contribution in [1.82, 2.24) is 9.97 Å². The highest BCUT2D eigenvalue weighted by molar-refractivity contribution is 9.11. The molecule has 4 rings (SSSR count). The number of ether oxygens (including phenoxy) is 1. The third kappa shape index (κ3) is 4.09. The summed E-state index contributed by atoms with van der Waals surface area (Å²) in [6, 6.07) is 8.15. The van der Waals surface area contributed by atoms with Crippen LogP contribution in [-0.4, -0.2) is 22.5 Å². The fraction of sp³-hybridized carbons (Fsp3) is 0.190. The first kappa shape index (κ1) is 21.2. The molecule has 0 saturated heterocycles. The van der Waals surface area contributed by atoms with Gasteiger partial charge in [0, 0.05) is 47.0 Å². The van der Waals surface area contributed by atoms with Gasteiger partial charge in [-0.25, -0.2) is 0 Å². The number of fused-ring (bicyclic) bond motifs is 2. The molecular weight excluding hydrogens is 632 g/mol. The van der Waals surface area contributed by atoms with Crippen molar-refractivity contribution in [3.63, 3.8) is 0 Å². The summed E-state index contributed by atoms with van der Waals surface area (Å²) in [5.74, 6) is -0.386. The van der Waals surface area contributed by atoms with Gasteiger partial charge in [-0.15, -0.1) is 0 Å². The highest BCUT2D eigenvalue weighted by atomic mass is 79.9. The second-order valence-electron chi connectivity index (χ2n) is 6.67. The van der Waals surface area contributed by atoms with Gasteiger partial charge in [0.05, 0.1) is 24.1 Å². The molecule has 2 heterocycles. The van der Waals surface area contributed by atoms with Crippen LogP contribution < -0.4 is 0 Å². The lowest BCUT2D eigenvalue weighted by atomic mass is 9.88. The van der Waals surface area contributed by atoms with Crippen molar-refractivity contribution in [3.8, 4) is 0 Å². The van der Waals surface area contributed by atoms with Crippen molar-refractivity contribution in [2.45, 2.75) is 19.3 Å². The van der Waals surface area contributed by atoms with Crippen LogP contribution in [-0.2, 0) is 9.53 Å². The van der Waals surface area contributed by atoms with E-state index in [-0.39, 0.29) is 18.3 Å². The number of aromatic amines is 2. The minimum Gasteiger partial charge on any atom is -0.466 e. The number of hydrogen-bond acceptors (Lipinski definition) is 2. The summed E-state index contributed by atoms with van der Waals surface area (Å²) in [5.41, 5.74) is 4.10. The largest absolute Gasteiger partial charge is 0.466 e. The molecule has 2 aromatic carbocycles. The number of carbonyl (C=O) groups excluding carboxylic acids is 1. The van der Waals surface area contributed by atoms with Crippen LogP contribution in [0.1, 0.15) is 30.4 Å². The molecule has 0 saturated carbocycles. The molecule has 0 radical (unpaired) electrons. The van der Waals surface area contributed by atoms with Gasteiger partial charge in [0.15, 0.2) is 0 Å². The first-order valence-corrected chi connectivity index (χ1v) is 12.1. The van der Waals surface area contributed by atoms with E-state index in [9.17, 15) is 4.79 Å². The van der Waals surface area contributed by atoms with Gasteiger partial charge in [0.25, 0.3) is 0 Å². The van der Waals surface area contributed by atoms with Crippen molar-refractivity contribution in [2.75, 3.05) is 6.61 Å². The van der Waals surface area contributed by atoms with Gasteiger partial charge in [-0.2, -0.15) is 0 Å². The Kier molecular flexibility index (Phi) is 6.25. The predicted molar refractivity (Wildman–Crippen MR) is 130 cm³/mol. The third-order valence-electron chi connectivity index (χ3n) is 4.90. The number of hydrogen-bond donors (Lipinski definition) is 2. The smallest absolute Gasteiger partial charge is 0.306 e. The Morgan fingerprint density at radius 1 is 0.897 bits per heavy atom. The third-order valence-corrected chi connectivity index (χ3v) is 7.07. The average molecular weight is 648 g/mol. The fourth-order valence-corrected chi connectivity index (χ4v) is 6.38. The Bertz CT molecular complexity index is 1140. The molecule has 29 heavy (non-hydrogen) atoms. The average Bonchev–Trinajstić information content (AvgIpc) is 3.24. The summed E-state index contributed by atoms with van der Waals surface area (Å²) in [5, 5.41) is 2.12. The lowest BCUT2D eigenvalue weighted by Gasteiger charge is -2.16. The summed E-state index contributed by atoms with van der Waals surface area (Å²) >= 11 is 14.4. The Labute approximate surface area is 201 Å². The molecule has 2 N–H and O–H groups in total. The maximum absolute atomic E-state index is 12.5. The monoisotopic (exact) mass is 644 g/mol. The Hall–Kier alpha value is -1.09. The van der Waals surface area contributed by atoms with Crippen LogP contribution in [0.25, 0.3) is 21.8 Å². The minimum absolute atomic E-state index is 0.168. The summed E-state index contributed by atoms with van der Waals surface area (Å²) in [7, 11) is 0. The fourth-order valence-electron chi connectivity index (χ4n) is 3.70. The highest BCUT2D eigenvalue weighted by Crippen LogP contribution is 2.41. The summed E-state index contributed by atoms with van der Waals surface area (Å²) in [6.45, 7) is 2.19. The first-order valence-electron chi connectivity index (χ1n) is 8.96. The number of H-pyrrole nitrogens is 2. The molecule has 0 spiro atoms. The van der Waals surface area contributed by atoms with Crippen molar-refractivity contribution >= 4 is 91.5 Å². The molecule has 0 amide bonds. The number of aromatic nitrogens is 2. The Morgan fingerprint density at radius 2 is 1.38 bits per heavy atom. The second-order valence-corrected chi connectivity index (χ2v) is 10.2. The van der Waals surface area contributed by atoms with E-state index in [1.54, 1.807) is 0 Å². The van der Waals surface area contributed by atoms with Crippen LogP contribution in [0.3, 0.4) is 0 Å². The molecule has 150 valence electrons. The lowest BCUT2D eigenvalue weighted by Crippen LogP contribution is -2.11. The second kappa shape index (κ2) is 8.57. The molecular formula is C21H16Br4N2O2. The summed E-state index contributed by atoms with van der Waals surface area (Å²) < 4.78 is 9.16. The molecule has 0 atom stereocenters. The number of nitrogens with one attached hydrogen (secondary N) is 2. The van der Waals surface area contributed by atoms with Gasteiger partial charge in [0.2, 0.25) is 0 Å². The van der Waals surface area contributed by atoms with Crippen molar-refractivity contribution < 1.29 is 9.53 Å². The molecule has 0 aliphatic rings. The van der Waals surface area contributed by atoms with Crippen LogP contribution in [0.4, 0.5) is 0 Å². The van der Waals surface area contributed by atoms with E-state index < -0.39 is 0 Å². The number of rotatable bonds is 5. The van der Waals surface area contributed by atoms with E-state index in [1.165, 1.54) is 0 Å². The molecule has 4 nitrogen and oxygen atoms in total. The molecule has 0 bridgehead atoms. The highest BCUT2D eigenvalue weighted by Gasteiger charge is 2.26. The van der Waals surface area contributed by atoms with E-state index in [1.807, 2.05) is 31.5 Å². The molecule has 8 heteroatoms. The van der Waals surface area contributed by atoms with E-state index in [0.717, 1.165) is 50.8 Å². The normalized spacial score (nSPS) is 11.7. The molecule has 0 unspecified atom stereocenters. The van der Waals surface area contributed by atoms with Gasteiger partial charge in [-0.1, -0.05) is 31.9 Å². The number of esters is 1. The number of benzene rings is 2. The van der Waals surface area contributed by atoms with Gasteiger partial charge >= 0.3 is 5.97 Å². The van der Waals surface area contributed by atoms with Gasteiger partial charge < -0.3 is 14.7 Å². The zero-order valence-electron chi connectivity index (χ0n) is 15.3. The van der Waals surface area contributed by atoms with Gasteiger partial charge in [0.1, 0.15) is 0 Å². The van der Waals surface area contributed by atoms with E-state index in [4.69, 9.17) is 4.74 Å². The topological polar surface area (TPSA) is 57.9 Å². The van der Waals surface area contributed by atoms with Crippen LogP contribution in [0.5, 0.6) is 0 Å². The van der Waals surface area contributed by atoms with Crippen LogP contribution in [0, 0.1) is 0 Å². The zero-order chi connectivity index (χ0) is 20.7. The quantitative estimate of drug-likeness (QED) is 0.217. The molecule has 0 aliphatic carbocycles. The molecule has 4 aromatic rings. The first-order chi connectivity index (χ1) is 13.9. The standard InChI is InChI=1S/C21H16Br4N2O2/c1-2-29-19(28)7-12(15-8-26-20-13(15)3-10(22)5-17(20)24)16-9-27-21-14(16)4-11(23)6-18(21)25/h3-6,8-9,12,26-27H,2,7H2,1H3. The van der Waals surface area contributed by atoms with E-state index >= 15 is 0 Å². The molecule has 0 aliphatic heterocycles. The van der Waals surface area contributed by atoms with Crippen molar-refractivity contribution in [1.29, 1.82) is 0 Å². The Morgan fingerprint density at radius 3 is 1.83 bits per heavy atom. The van der Waals surface area contributed by atoms with E-state index in [2.05, 4.69) is 85.8 Å². The minimum atomic E-state index is -0.218. The number of carbonyl (C=O) groups is 1. The number of halogens is 4. The molecule has 2 aromatic heterocycles.